The smallest absolute Gasteiger partial charge is 0.416 e. The third kappa shape index (κ3) is 2.92. The van der Waals surface area contributed by atoms with Crippen LogP contribution in [0.5, 0.6) is 11.8 Å². The highest BCUT2D eigenvalue weighted by Crippen LogP contribution is 2.33. The molecular weight excluding hydrogens is 271 g/mol. The van der Waals surface area contributed by atoms with Crippen molar-refractivity contribution in [3.05, 3.63) is 34.6 Å². The molecule has 2 rings (SSSR count). The topological polar surface area (TPSA) is 50.8 Å². The Kier molecular flexibility index (Phi) is 3.16. The predicted molar refractivity (Wildman–Crippen MR) is 57.6 cm³/mol. The molecule has 0 atom stereocenters. The van der Waals surface area contributed by atoms with Crippen LogP contribution in [-0.2, 0) is 6.18 Å². The Morgan fingerprint density at radius 1 is 1.22 bits per heavy atom. The molecule has 2 aromatic rings. The predicted octanol–water partition coefficient (Wildman–Crippen LogP) is 3.58. The molecule has 0 spiro atoms. The van der Waals surface area contributed by atoms with E-state index in [0.29, 0.717) is 5.69 Å². The van der Waals surface area contributed by atoms with Gasteiger partial charge < -0.3 is 4.74 Å². The number of hydrogen-bond acceptors (Lipinski definition) is 3. The number of halogens is 4. The Morgan fingerprint density at radius 2 is 1.94 bits per heavy atom. The second-order valence-corrected chi connectivity index (χ2v) is 3.89. The lowest BCUT2D eigenvalue weighted by atomic mass is 10.2. The van der Waals surface area contributed by atoms with E-state index in [-0.39, 0.29) is 16.9 Å². The number of aryl methyl sites for hydroxylation is 1. The summed E-state index contributed by atoms with van der Waals surface area (Å²) in [5.41, 5.74) is -0.215. The van der Waals surface area contributed by atoms with E-state index in [1.54, 1.807) is 6.92 Å². The Bertz CT molecular complexity index is 568. The fraction of sp³-hybridized carbons (Fsp3) is 0.200. The Hall–Kier alpha value is -1.76. The zero-order valence-corrected chi connectivity index (χ0v) is 9.80. The van der Waals surface area contributed by atoms with Gasteiger partial charge in [-0.05, 0) is 13.0 Å². The average molecular weight is 278 g/mol. The number of hydrogen-bond donors (Lipinski definition) is 1. The summed E-state index contributed by atoms with van der Waals surface area (Å²) in [5, 5.41) is 6.01. The summed E-state index contributed by atoms with van der Waals surface area (Å²) in [6, 6.07) is 3.01. The van der Waals surface area contributed by atoms with E-state index in [9.17, 15) is 13.2 Å². The van der Waals surface area contributed by atoms with E-state index in [0.717, 1.165) is 12.1 Å². The number of aromatic nitrogens is 3. The van der Waals surface area contributed by atoms with Crippen molar-refractivity contribution in [2.45, 2.75) is 13.1 Å². The van der Waals surface area contributed by atoms with Gasteiger partial charge in [0.05, 0.1) is 5.56 Å². The molecule has 4 nitrogen and oxygen atoms in total. The maximum absolute atomic E-state index is 12.5. The van der Waals surface area contributed by atoms with Crippen molar-refractivity contribution in [1.82, 2.24) is 15.2 Å². The Balaban J connectivity index is 2.31. The molecule has 2 heterocycles. The molecule has 0 aliphatic rings. The molecule has 0 aliphatic heterocycles. The van der Waals surface area contributed by atoms with Crippen molar-refractivity contribution in [3.8, 4) is 11.8 Å². The van der Waals surface area contributed by atoms with Crippen LogP contribution in [0.4, 0.5) is 13.2 Å². The van der Waals surface area contributed by atoms with Crippen LogP contribution in [0.15, 0.2) is 18.2 Å². The highest BCUT2D eigenvalue weighted by atomic mass is 35.5. The van der Waals surface area contributed by atoms with E-state index in [1.165, 1.54) is 6.07 Å². The molecular formula is C10H7ClF3N3O. The summed E-state index contributed by atoms with van der Waals surface area (Å²) in [7, 11) is 0. The Labute approximate surface area is 105 Å². The third-order valence-corrected chi connectivity index (χ3v) is 2.18. The van der Waals surface area contributed by atoms with Crippen LogP contribution in [0.3, 0.4) is 0 Å². The summed E-state index contributed by atoms with van der Waals surface area (Å²) in [4.78, 5) is 3.64. The molecule has 0 aliphatic carbocycles. The molecule has 96 valence electrons. The van der Waals surface area contributed by atoms with Crippen LogP contribution >= 0.6 is 11.6 Å². The summed E-state index contributed by atoms with van der Waals surface area (Å²) in [5.74, 6) is -0.142. The van der Waals surface area contributed by atoms with Crippen molar-refractivity contribution < 1.29 is 17.9 Å². The number of pyridine rings is 1. The van der Waals surface area contributed by atoms with Crippen molar-refractivity contribution in [2.24, 2.45) is 0 Å². The first-order valence-electron chi connectivity index (χ1n) is 4.79. The number of alkyl halides is 3. The molecule has 0 radical (unpaired) electrons. The summed E-state index contributed by atoms with van der Waals surface area (Å²) in [6.45, 7) is 1.73. The van der Waals surface area contributed by atoms with E-state index in [1.807, 2.05) is 0 Å². The molecule has 0 bridgehead atoms. The number of H-pyrrole nitrogens is 1. The minimum atomic E-state index is -4.51. The number of rotatable bonds is 2. The van der Waals surface area contributed by atoms with Crippen LogP contribution in [0.25, 0.3) is 0 Å². The number of aromatic amines is 1. The maximum Gasteiger partial charge on any atom is 0.416 e. The van der Waals surface area contributed by atoms with Crippen LogP contribution in [-0.4, -0.2) is 15.2 Å². The van der Waals surface area contributed by atoms with Gasteiger partial charge in [0.2, 0.25) is 11.8 Å². The molecule has 8 heteroatoms. The largest absolute Gasteiger partial charge is 0.419 e. The lowest BCUT2D eigenvalue weighted by molar-refractivity contribution is -0.137. The van der Waals surface area contributed by atoms with Crippen LogP contribution < -0.4 is 4.74 Å². The van der Waals surface area contributed by atoms with Gasteiger partial charge in [-0.3, -0.25) is 5.10 Å². The number of ether oxygens (including phenoxy) is 1. The minimum absolute atomic E-state index is 0.121. The van der Waals surface area contributed by atoms with Crippen molar-refractivity contribution in [1.29, 1.82) is 0 Å². The lowest BCUT2D eigenvalue weighted by Gasteiger charge is -2.08. The number of nitrogens with zero attached hydrogens (tertiary/aromatic N) is 2. The van der Waals surface area contributed by atoms with Crippen molar-refractivity contribution >= 4 is 11.6 Å². The summed E-state index contributed by atoms with van der Waals surface area (Å²) in [6.07, 6.45) is -4.51. The highest BCUT2D eigenvalue weighted by Gasteiger charge is 2.31. The molecule has 0 unspecified atom stereocenters. The van der Waals surface area contributed by atoms with E-state index in [2.05, 4.69) is 15.2 Å². The van der Waals surface area contributed by atoms with Gasteiger partial charge >= 0.3 is 6.18 Å². The standard InChI is InChI=1S/C10H7ClF3N3O/c1-5-2-9(17-16-5)18-8-4-6(10(12,13)14)3-7(11)15-8/h2-4H,1H3,(H,16,17). The van der Waals surface area contributed by atoms with Crippen molar-refractivity contribution in [3.63, 3.8) is 0 Å². The molecule has 0 aromatic carbocycles. The maximum atomic E-state index is 12.5. The van der Waals surface area contributed by atoms with Gasteiger partial charge in [-0.2, -0.15) is 13.2 Å². The fourth-order valence-electron chi connectivity index (χ4n) is 1.24. The monoisotopic (exact) mass is 277 g/mol. The third-order valence-electron chi connectivity index (χ3n) is 1.99. The van der Waals surface area contributed by atoms with Crippen LogP contribution in [0.1, 0.15) is 11.3 Å². The molecule has 0 fully saturated rings. The quantitative estimate of drug-likeness (QED) is 0.854. The molecule has 2 aromatic heterocycles. The second kappa shape index (κ2) is 4.49. The first-order chi connectivity index (χ1) is 8.34. The average Bonchev–Trinajstić information content (AvgIpc) is 2.61. The normalized spacial score (nSPS) is 11.6. The number of nitrogens with one attached hydrogen (secondary N) is 1. The van der Waals surface area contributed by atoms with E-state index >= 15 is 0 Å². The zero-order valence-electron chi connectivity index (χ0n) is 9.05. The van der Waals surface area contributed by atoms with Gasteiger partial charge in [-0.1, -0.05) is 11.6 Å². The van der Waals surface area contributed by atoms with Gasteiger partial charge in [-0.15, -0.1) is 5.10 Å². The second-order valence-electron chi connectivity index (χ2n) is 3.51. The zero-order chi connectivity index (χ0) is 13.3. The van der Waals surface area contributed by atoms with Gasteiger partial charge in [0.1, 0.15) is 5.15 Å². The fourth-order valence-corrected chi connectivity index (χ4v) is 1.44. The van der Waals surface area contributed by atoms with Crippen LogP contribution in [0, 0.1) is 6.92 Å². The minimum Gasteiger partial charge on any atom is -0.419 e. The molecule has 0 amide bonds. The first-order valence-corrected chi connectivity index (χ1v) is 5.17. The molecule has 1 N–H and O–H groups in total. The van der Waals surface area contributed by atoms with Gasteiger partial charge in [0, 0.05) is 17.8 Å². The van der Waals surface area contributed by atoms with Crippen molar-refractivity contribution in [2.75, 3.05) is 0 Å². The molecule has 18 heavy (non-hydrogen) atoms. The molecule has 0 saturated carbocycles. The van der Waals surface area contributed by atoms with Gasteiger partial charge in [0.25, 0.3) is 0 Å². The summed E-state index contributed by atoms with van der Waals surface area (Å²) < 4.78 is 42.7. The SMILES string of the molecule is Cc1cc(Oc2cc(C(F)(F)F)cc(Cl)n2)n[nH]1. The summed E-state index contributed by atoms with van der Waals surface area (Å²) >= 11 is 5.51. The highest BCUT2D eigenvalue weighted by molar-refractivity contribution is 6.29. The van der Waals surface area contributed by atoms with E-state index in [4.69, 9.17) is 16.3 Å². The molecule has 0 saturated heterocycles. The van der Waals surface area contributed by atoms with Gasteiger partial charge in [-0.25, -0.2) is 4.98 Å². The van der Waals surface area contributed by atoms with Gasteiger partial charge in [0.15, 0.2) is 0 Å². The van der Waals surface area contributed by atoms with E-state index < -0.39 is 11.7 Å². The first kappa shape index (κ1) is 12.7. The Morgan fingerprint density at radius 3 is 2.50 bits per heavy atom. The van der Waals surface area contributed by atoms with Crippen LogP contribution in [0.2, 0.25) is 5.15 Å². The lowest BCUT2D eigenvalue weighted by Crippen LogP contribution is -2.05.